The molecule has 0 saturated carbocycles. The second kappa shape index (κ2) is 6.81. The van der Waals surface area contributed by atoms with Crippen molar-refractivity contribution in [3.8, 4) is 0 Å². The van der Waals surface area contributed by atoms with E-state index in [2.05, 4.69) is 22.5 Å². The third-order valence-corrected chi connectivity index (χ3v) is 4.35. The Kier molecular flexibility index (Phi) is 4.57. The third-order valence-electron chi connectivity index (χ3n) is 4.35. The minimum atomic E-state index is -0.612. The molecule has 0 bridgehead atoms. The summed E-state index contributed by atoms with van der Waals surface area (Å²) in [5.74, 6) is -0.826. The summed E-state index contributed by atoms with van der Waals surface area (Å²) in [5.41, 5.74) is 4.16. The number of rotatable bonds is 3. The zero-order chi connectivity index (χ0) is 18.0. The smallest absolute Gasteiger partial charge is 0.319 e. The van der Waals surface area contributed by atoms with Gasteiger partial charge in [-0.05, 0) is 37.1 Å². The lowest BCUT2D eigenvalue weighted by atomic mass is 9.85. The predicted octanol–water partition coefficient (Wildman–Crippen LogP) is 3.43. The molecule has 3 amide bonds. The van der Waals surface area contributed by atoms with Crippen molar-refractivity contribution in [3.63, 3.8) is 0 Å². The van der Waals surface area contributed by atoms with Crippen LogP contribution in [0.1, 0.15) is 22.7 Å². The summed E-state index contributed by atoms with van der Waals surface area (Å²) in [4.78, 5) is 24.8. The molecule has 1 aliphatic rings. The van der Waals surface area contributed by atoms with E-state index in [9.17, 15) is 9.59 Å². The summed E-state index contributed by atoms with van der Waals surface area (Å²) in [7, 11) is 0. The van der Waals surface area contributed by atoms with Crippen molar-refractivity contribution in [2.75, 3.05) is 5.32 Å². The highest BCUT2D eigenvalue weighted by Gasteiger charge is 2.38. The molecule has 128 valence electrons. The molecule has 2 aromatic rings. The minimum absolute atomic E-state index is 0.214. The van der Waals surface area contributed by atoms with Gasteiger partial charge in [0.05, 0.1) is 6.04 Å². The van der Waals surface area contributed by atoms with E-state index in [1.54, 1.807) is 0 Å². The van der Waals surface area contributed by atoms with Crippen LogP contribution < -0.4 is 16.0 Å². The average Bonchev–Trinajstić information content (AvgIpc) is 2.54. The summed E-state index contributed by atoms with van der Waals surface area (Å²) in [6.07, 6.45) is 0. The van der Waals surface area contributed by atoms with Crippen molar-refractivity contribution < 1.29 is 9.59 Å². The number of para-hydroxylation sites is 1. The van der Waals surface area contributed by atoms with Crippen molar-refractivity contribution in [2.45, 2.75) is 19.9 Å². The minimum Gasteiger partial charge on any atom is -0.330 e. The van der Waals surface area contributed by atoms with E-state index in [0.717, 1.165) is 16.7 Å². The van der Waals surface area contributed by atoms with Crippen molar-refractivity contribution in [3.05, 3.63) is 77.5 Å². The number of aryl methyl sites for hydroxylation is 2. The normalized spacial score (nSPS) is 19.8. The molecule has 25 heavy (non-hydrogen) atoms. The fourth-order valence-electron chi connectivity index (χ4n) is 3.17. The molecule has 0 aliphatic carbocycles. The standard InChI is InChI=1S/C20H21N3O2/c1-12-9-10-16(13(2)11-12)18-17(14(3)21-20(25)23-18)19(24)22-15-7-5-4-6-8-15/h4-11,17-18H,3H2,1-2H3,(H,22,24)(H2,21,23,25)/t17-,18-/m1/s1. The average molecular weight is 335 g/mol. The van der Waals surface area contributed by atoms with Crippen LogP contribution in [0.25, 0.3) is 0 Å². The van der Waals surface area contributed by atoms with Gasteiger partial charge >= 0.3 is 6.03 Å². The molecule has 5 nitrogen and oxygen atoms in total. The second-order valence-corrected chi connectivity index (χ2v) is 6.29. The molecule has 0 aromatic heterocycles. The van der Waals surface area contributed by atoms with E-state index >= 15 is 0 Å². The van der Waals surface area contributed by atoms with Gasteiger partial charge in [-0.15, -0.1) is 0 Å². The first kappa shape index (κ1) is 16.8. The highest BCUT2D eigenvalue weighted by atomic mass is 16.2. The maximum Gasteiger partial charge on any atom is 0.319 e. The van der Waals surface area contributed by atoms with Gasteiger partial charge in [-0.25, -0.2) is 4.79 Å². The van der Waals surface area contributed by atoms with Gasteiger partial charge in [0.15, 0.2) is 0 Å². The lowest BCUT2D eigenvalue weighted by molar-refractivity contribution is -0.119. The molecular formula is C20H21N3O2. The van der Waals surface area contributed by atoms with Crippen LogP contribution in [0.5, 0.6) is 0 Å². The van der Waals surface area contributed by atoms with Gasteiger partial charge in [0.2, 0.25) is 5.91 Å². The highest BCUT2D eigenvalue weighted by Crippen LogP contribution is 2.32. The molecule has 0 radical (unpaired) electrons. The lowest BCUT2D eigenvalue weighted by Gasteiger charge is -2.34. The van der Waals surface area contributed by atoms with Crippen LogP contribution in [-0.2, 0) is 4.79 Å². The van der Waals surface area contributed by atoms with Crippen LogP contribution in [0.3, 0.4) is 0 Å². The Labute approximate surface area is 147 Å². The van der Waals surface area contributed by atoms with Crippen molar-refractivity contribution in [1.29, 1.82) is 0 Å². The molecule has 1 aliphatic heterocycles. The van der Waals surface area contributed by atoms with Gasteiger partial charge in [0.25, 0.3) is 0 Å². The van der Waals surface area contributed by atoms with Crippen molar-refractivity contribution in [1.82, 2.24) is 10.6 Å². The zero-order valence-corrected chi connectivity index (χ0v) is 14.3. The Morgan fingerprint density at radius 2 is 1.84 bits per heavy atom. The Bertz CT molecular complexity index is 830. The number of benzene rings is 2. The Hall–Kier alpha value is -3.08. The molecule has 0 unspecified atom stereocenters. The summed E-state index contributed by atoms with van der Waals surface area (Å²) in [6.45, 7) is 7.89. The lowest BCUT2D eigenvalue weighted by Crippen LogP contribution is -2.52. The number of urea groups is 1. The second-order valence-electron chi connectivity index (χ2n) is 6.29. The quantitative estimate of drug-likeness (QED) is 0.804. The van der Waals surface area contributed by atoms with E-state index in [1.807, 2.05) is 62.4 Å². The van der Waals surface area contributed by atoms with Crippen molar-refractivity contribution >= 4 is 17.6 Å². The van der Waals surface area contributed by atoms with Gasteiger partial charge in [0, 0.05) is 11.4 Å². The molecule has 1 heterocycles. The van der Waals surface area contributed by atoms with Gasteiger partial charge in [-0.3, -0.25) is 4.79 Å². The molecule has 0 spiro atoms. The number of carbonyl (C=O) groups excluding carboxylic acids is 2. The first-order valence-corrected chi connectivity index (χ1v) is 8.15. The van der Waals surface area contributed by atoms with Gasteiger partial charge < -0.3 is 16.0 Å². The SMILES string of the molecule is C=C1NC(=O)N[C@H](c2ccc(C)cc2C)[C@@H]1C(=O)Nc1ccccc1. The van der Waals surface area contributed by atoms with Crippen LogP contribution in [0.4, 0.5) is 10.5 Å². The van der Waals surface area contributed by atoms with E-state index < -0.39 is 12.0 Å². The molecule has 2 aromatic carbocycles. The number of hydrogen-bond donors (Lipinski definition) is 3. The highest BCUT2D eigenvalue weighted by molar-refractivity contribution is 5.97. The third kappa shape index (κ3) is 3.55. The van der Waals surface area contributed by atoms with E-state index in [0.29, 0.717) is 11.4 Å². The summed E-state index contributed by atoms with van der Waals surface area (Å²) >= 11 is 0. The monoisotopic (exact) mass is 335 g/mol. The Morgan fingerprint density at radius 3 is 2.52 bits per heavy atom. The summed E-state index contributed by atoms with van der Waals surface area (Å²) in [6, 6.07) is 14.4. The predicted molar refractivity (Wildman–Crippen MR) is 98.0 cm³/mol. The van der Waals surface area contributed by atoms with Gasteiger partial charge in [-0.2, -0.15) is 0 Å². The maximum atomic E-state index is 12.9. The van der Waals surface area contributed by atoms with Crippen LogP contribution in [0, 0.1) is 19.8 Å². The molecule has 3 rings (SSSR count). The van der Waals surface area contributed by atoms with Crippen LogP contribution in [-0.4, -0.2) is 11.9 Å². The fourth-order valence-corrected chi connectivity index (χ4v) is 3.17. The number of nitrogens with one attached hydrogen (secondary N) is 3. The van der Waals surface area contributed by atoms with Crippen LogP contribution in [0.2, 0.25) is 0 Å². The summed E-state index contributed by atoms with van der Waals surface area (Å²) in [5, 5.41) is 8.39. The molecule has 2 atom stereocenters. The topological polar surface area (TPSA) is 70.2 Å². The molecule has 1 saturated heterocycles. The molecule has 3 N–H and O–H groups in total. The Balaban J connectivity index is 1.94. The molecule has 1 fully saturated rings. The number of carbonyl (C=O) groups is 2. The molecular weight excluding hydrogens is 314 g/mol. The largest absolute Gasteiger partial charge is 0.330 e. The van der Waals surface area contributed by atoms with Gasteiger partial charge in [0.1, 0.15) is 5.92 Å². The van der Waals surface area contributed by atoms with E-state index in [-0.39, 0.29) is 11.9 Å². The number of amides is 3. The van der Waals surface area contributed by atoms with E-state index in [1.165, 1.54) is 0 Å². The van der Waals surface area contributed by atoms with E-state index in [4.69, 9.17) is 0 Å². The van der Waals surface area contributed by atoms with Crippen LogP contribution >= 0.6 is 0 Å². The first-order chi connectivity index (χ1) is 12.0. The zero-order valence-electron chi connectivity index (χ0n) is 14.3. The number of anilines is 1. The fraction of sp³-hybridized carbons (Fsp3) is 0.200. The van der Waals surface area contributed by atoms with Gasteiger partial charge in [-0.1, -0.05) is 48.5 Å². The maximum absolute atomic E-state index is 12.9. The van der Waals surface area contributed by atoms with Crippen LogP contribution in [0.15, 0.2) is 60.8 Å². The Morgan fingerprint density at radius 1 is 1.12 bits per heavy atom. The van der Waals surface area contributed by atoms with Crippen molar-refractivity contribution in [2.24, 2.45) is 5.92 Å². The first-order valence-electron chi connectivity index (χ1n) is 8.15. The number of hydrogen-bond acceptors (Lipinski definition) is 2. The summed E-state index contributed by atoms with van der Waals surface area (Å²) < 4.78 is 0. The molecule has 5 heteroatoms.